The van der Waals surface area contributed by atoms with Crippen molar-refractivity contribution < 1.29 is 14.3 Å². The lowest BCUT2D eigenvalue weighted by atomic mass is 10.1. The van der Waals surface area contributed by atoms with E-state index in [1.165, 1.54) is 11.1 Å². The second-order valence-electron chi connectivity index (χ2n) is 6.60. The van der Waals surface area contributed by atoms with Crippen LogP contribution in [0.3, 0.4) is 0 Å². The number of carbonyl (C=O) groups excluding carboxylic acids is 1. The monoisotopic (exact) mass is 354 g/mol. The number of amides is 1. The Kier molecular flexibility index (Phi) is 5.66. The number of hydrogen-bond acceptors (Lipinski definition) is 4. The molecule has 0 N–H and O–H groups in total. The van der Waals surface area contributed by atoms with Crippen LogP contribution in [0.15, 0.2) is 42.5 Å². The molecular formula is C21H26N2O3. The summed E-state index contributed by atoms with van der Waals surface area (Å²) in [5.41, 5.74) is 3.55. The number of benzene rings is 2. The van der Waals surface area contributed by atoms with Crippen molar-refractivity contribution >= 4 is 11.6 Å². The molecule has 2 aromatic carbocycles. The standard InChI is InChI=1S/C21H26N2O3/c1-16-4-7-20(14-17(16)2)26-15-21(24)23-12-10-22(11-13-23)18-5-8-19(25-3)9-6-18/h4-9,14H,10-13,15H2,1-3H3. The third-order valence-corrected chi connectivity index (χ3v) is 4.91. The number of ether oxygens (including phenoxy) is 2. The van der Waals surface area contributed by atoms with Gasteiger partial charge in [-0.1, -0.05) is 6.07 Å². The zero-order valence-corrected chi connectivity index (χ0v) is 15.7. The summed E-state index contributed by atoms with van der Waals surface area (Å²) in [7, 11) is 1.67. The summed E-state index contributed by atoms with van der Waals surface area (Å²) in [6.45, 7) is 7.26. The first-order valence-corrected chi connectivity index (χ1v) is 8.93. The molecule has 3 rings (SSSR count). The van der Waals surface area contributed by atoms with E-state index < -0.39 is 0 Å². The maximum absolute atomic E-state index is 12.4. The molecule has 0 aliphatic carbocycles. The van der Waals surface area contributed by atoms with Crippen molar-refractivity contribution in [3.8, 4) is 11.5 Å². The molecule has 0 spiro atoms. The molecule has 1 heterocycles. The quantitative estimate of drug-likeness (QED) is 0.828. The summed E-state index contributed by atoms with van der Waals surface area (Å²) < 4.78 is 10.9. The molecule has 1 aliphatic heterocycles. The van der Waals surface area contributed by atoms with Crippen LogP contribution in [0.2, 0.25) is 0 Å². The lowest BCUT2D eigenvalue weighted by molar-refractivity contribution is -0.133. The molecular weight excluding hydrogens is 328 g/mol. The Hall–Kier alpha value is -2.69. The minimum atomic E-state index is 0.0395. The fourth-order valence-electron chi connectivity index (χ4n) is 3.05. The molecule has 0 radical (unpaired) electrons. The minimum Gasteiger partial charge on any atom is -0.497 e. The van der Waals surface area contributed by atoms with E-state index >= 15 is 0 Å². The van der Waals surface area contributed by atoms with Crippen molar-refractivity contribution in [3.05, 3.63) is 53.6 Å². The molecule has 1 amide bonds. The van der Waals surface area contributed by atoms with Crippen molar-refractivity contribution in [3.63, 3.8) is 0 Å². The maximum atomic E-state index is 12.4. The van der Waals surface area contributed by atoms with Crippen LogP contribution >= 0.6 is 0 Å². The van der Waals surface area contributed by atoms with E-state index in [-0.39, 0.29) is 12.5 Å². The predicted octanol–water partition coefficient (Wildman–Crippen LogP) is 3.04. The third kappa shape index (κ3) is 4.28. The molecule has 2 aromatic rings. The Labute approximate surface area is 155 Å². The van der Waals surface area contributed by atoms with Gasteiger partial charge in [0.05, 0.1) is 7.11 Å². The van der Waals surface area contributed by atoms with E-state index in [9.17, 15) is 4.79 Å². The van der Waals surface area contributed by atoms with E-state index in [0.29, 0.717) is 13.1 Å². The number of piperazine rings is 1. The Morgan fingerprint density at radius 3 is 2.19 bits per heavy atom. The van der Waals surface area contributed by atoms with Gasteiger partial charge in [-0.2, -0.15) is 0 Å². The van der Waals surface area contributed by atoms with Gasteiger partial charge in [0.1, 0.15) is 11.5 Å². The van der Waals surface area contributed by atoms with Crippen LogP contribution in [0.4, 0.5) is 5.69 Å². The molecule has 26 heavy (non-hydrogen) atoms. The van der Waals surface area contributed by atoms with Gasteiger partial charge < -0.3 is 19.3 Å². The number of nitrogens with zero attached hydrogens (tertiary/aromatic N) is 2. The number of aryl methyl sites for hydroxylation is 2. The largest absolute Gasteiger partial charge is 0.497 e. The number of carbonyl (C=O) groups is 1. The van der Waals surface area contributed by atoms with Crippen molar-refractivity contribution in [2.24, 2.45) is 0 Å². The van der Waals surface area contributed by atoms with Gasteiger partial charge in [-0.3, -0.25) is 4.79 Å². The number of rotatable bonds is 5. The van der Waals surface area contributed by atoms with Gasteiger partial charge in [0, 0.05) is 31.9 Å². The molecule has 1 fully saturated rings. The normalized spacial score (nSPS) is 14.3. The van der Waals surface area contributed by atoms with Crippen LogP contribution in [0, 0.1) is 13.8 Å². The van der Waals surface area contributed by atoms with E-state index in [1.54, 1.807) is 7.11 Å². The minimum absolute atomic E-state index is 0.0395. The van der Waals surface area contributed by atoms with Crippen LogP contribution < -0.4 is 14.4 Å². The van der Waals surface area contributed by atoms with Gasteiger partial charge in [-0.25, -0.2) is 0 Å². The SMILES string of the molecule is COc1ccc(N2CCN(C(=O)COc3ccc(C)c(C)c3)CC2)cc1. The Morgan fingerprint density at radius 2 is 1.58 bits per heavy atom. The van der Waals surface area contributed by atoms with Gasteiger partial charge >= 0.3 is 0 Å². The molecule has 0 unspecified atom stereocenters. The van der Waals surface area contributed by atoms with E-state index in [0.717, 1.165) is 30.3 Å². The highest BCUT2D eigenvalue weighted by molar-refractivity contribution is 5.78. The van der Waals surface area contributed by atoms with Gasteiger partial charge in [0.2, 0.25) is 0 Å². The molecule has 5 heteroatoms. The van der Waals surface area contributed by atoms with Gasteiger partial charge in [-0.15, -0.1) is 0 Å². The molecule has 138 valence electrons. The van der Waals surface area contributed by atoms with Crippen LogP contribution in [-0.4, -0.2) is 50.7 Å². The Morgan fingerprint density at radius 1 is 0.923 bits per heavy atom. The molecule has 1 saturated heterocycles. The topological polar surface area (TPSA) is 42.0 Å². The van der Waals surface area contributed by atoms with Crippen molar-refractivity contribution in [1.29, 1.82) is 0 Å². The zero-order chi connectivity index (χ0) is 18.5. The summed E-state index contributed by atoms with van der Waals surface area (Å²) in [6.07, 6.45) is 0. The van der Waals surface area contributed by atoms with E-state index in [1.807, 2.05) is 42.2 Å². The van der Waals surface area contributed by atoms with Gasteiger partial charge in [0.25, 0.3) is 5.91 Å². The number of anilines is 1. The molecule has 0 atom stereocenters. The van der Waals surface area contributed by atoms with Crippen LogP contribution in [-0.2, 0) is 4.79 Å². The van der Waals surface area contributed by atoms with Gasteiger partial charge in [0.15, 0.2) is 6.61 Å². The molecule has 1 aliphatic rings. The average Bonchev–Trinajstić information content (AvgIpc) is 2.69. The maximum Gasteiger partial charge on any atom is 0.260 e. The van der Waals surface area contributed by atoms with Crippen LogP contribution in [0.5, 0.6) is 11.5 Å². The van der Waals surface area contributed by atoms with Crippen molar-refractivity contribution in [1.82, 2.24) is 4.90 Å². The Bertz CT molecular complexity index is 750. The average molecular weight is 354 g/mol. The fourth-order valence-corrected chi connectivity index (χ4v) is 3.05. The van der Waals surface area contributed by atoms with Crippen molar-refractivity contribution in [2.75, 3.05) is 44.8 Å². The molecule has 0 bridgehead atoms. The number of methoxy groups -OCH3 is 1. The number of hydrogen-bond donors (Lipinski definition) is 0. The fraction of sp³-hybridized carbons (Fsp3) is 0.381. The summed E-state index contributed by atoms with van der Waals surface area (Å²) in [5.74, 6) is 1.64. The lowest BCUT2D eigenvalue weighted by Crippen LogP contribution is -2.50. The summed E-state index contributed by atoms with van der Waals surface area (Å²) in [6, 6.07) is 13.9. The Balaban J connectivity index is 1.49. The second kappa shape index (κ2) is 8.13. The highest BCUT2D eigenvalue weighted by Gasteiger charge is 2.21. The summed E-state index contributed by atoms with van der Waals surface area (Å²) >= 11 is 0. The van der Waals surface area contributed by atoms with E-state index in [4.69, 9.17) is 9.47 Å². The van der Waals surface area contributed by atoms with Crippen molar-refractivity contribution in [2.45, 2.75) is 13.8 Å². The smallest absolute Gasteiger partial charge is 0.260 e. The first kappa shape index (κ1) is 18.1. The second-order valence-corrected chi connectivity index (χ2v) is 6.60. The molecule has 0 saturated carbocycles. The molecule has 0 aromatic heterocycles. The predicted molar refractivity (Wildman–Crippen MR) is 103 cm³/mol. The summed E-state index contributed by atoms with van der Waals surface area (Å²) in [4.78, 5) is 16.6. The van der Waals surface area contributed by atoms with Crippen LogP contribution in [0.1, 0.15) is 11.1 Å². The third-order valence-electron chi connectivity index (χ3n) is 4.91. The highest BCUT2D eigenvalue weighted by atomic mass is 16.5. The first-order valence-electron chi connectivity index (χ1n) is 8.93. The van der Waals surface area contributed by atoms with Crippen LogP contribution in [0.25, 0.3) is 0 Å². The molecule has 5 nitrogen and oxygen atoms in total. The lowest BCUT2D eigenvalue weighted by Gasteiger charge is -2.36. The summed E-state index contributed by atoms with van der Waals surface area (Å²) in [5, 5.41) is 0. The zero-order valence-electron chi connectivity index (χ0n) is 15.7. The first-order chi connectivity index (χ1) is 12.6. The van der Waals surface area contributed by atoms with Gasteiger partial charge in [-0.05, 0) is 61.4 Å². The van der Waals surface area contributed by atoms with E-state index in [2.05, 4.69) is 24.0 Å². The highest BCUT2D eigenvalue weighted by Crippen LogP contribution is 2.21.